The number of halogens is 1. The van der Waals surface area contributed by atoms with Gasteiger partial charge in [-0.3, -0.25) is 4.98 Å². The smallest absolute Gasteiger partial charge is 0.354 e. The molecule has 2 heterocycles. The summed E-state index contributed by atoms with van der Waals surface area (Å²) in [5.41, 5.74) is 0.484. The zero-order chi connectivity index (χ0) is 11.5. The summed E-state index contributed by atoms with van der Waals surface area (Å²) < 4.78 is 0. The second-order valence-electron chi connectivity index (χ2n) is 2.93. The van der Waals surface area contributed by atoms with Gasteiger partial charge >= 0.3 is 5.97 Å². The molecule has 0 radical (unpaired) electrons. The second-order valence-corrected chi connectivity index (χ2v) is 3.33. The van der Waals surface area contributed by atoms with E-state index < -0.39 is 5.97 Å². The SMILES string of the molecule is O=C(O)c1ccnc(-c2ccncc2Cl)n1. The van der Waals surface area contributed by atoms with Crippen molar-refractivity contribution < 1.29 is 9.90 Å². The second kappa shape index (κ2) is 4.24. The molecule has 6 heteroatoms. The highest BCUT2D eigenvalue weighted by molar-refractivity contribution is 6.33. The Labute approximate surface area is 95.8 Å². The van der Waals surface area contributed by atoms with Crippen LogP contribution in [0.5, 0.6) is 0 Å². The molecule has 0 saturated carbocycles. The molecule has 1 N–H and O–H groups in total. The Morgan fingerprint density at radius 1 is 1.31 bits per heavy atom. The van der Waals surface area contributed by atoms with Crippen molar-refractivity contribution in [1.29, 1.82) is 0 Å². The predicted octanol–water partition coefficient (Wildman–Crippen LogP) is 1.89. The van der Waals surface area contributed by atoms with Gasteiger partial charge in [0.15, 0.2) is 11.5 Å². The quantitative estimate of drug-likeness (QED) is 0.860. The molecule has 0 bridgehead atoms. The lowest BCUT2D eigenvalue weighted by Crippen LogP contribution is -2.02. The highest BCUT2D eigenvalue weighted by Gasteiger charge is 2.10. The van der Waals surface area contributed by atoms with Gasteiger partial charge in [-0.2, -0.15) is 0 Å². The normalized spacial score (nSPS) is 10.1. The van der Waals surface area contributed by atoms with E-state index in [1.165, 1.54) is 24.7 Å². The van der Waals surface area contributed by atoms with Crippen molar-refractivity contribution in [2.24, 2.45) is 0 Å². The van der Waals surface area contributed by atoms with Crippen LogP contribution >= 0.6 is 11.6 Å². The molecule has 0 aliphatic heterocycles. The van der Waals surface area contributed by atoms with Gasteiger partial charge in [-0.15, -0.1) is 0 Å². The van der Waals surface area contributed by atoms with Crippen LogP contribution in [0.1, 0.15) is 10.5 Å². The fourth-order valence-electron chi connectivity index (χ4n) is 1.16. The fraction of sp³-hybridized carbons (Fsp3) is 0. The molecule has 0 fully saturated rings. The molecule has 2 aromatic heterocycles. The summed E-state index contributed by atoms with van der Waals surface area (Å²) in [6.07, 6.45) is 4.37. The number of aromatic nitrogens is 3. The number of pyridine rings is 1. The average Bonchev–Trinajstić information content (AvgIpc) is 2.30. The molecule has 0 atom stereocenters. The maximum absolute atomic E-state index is 10.7. The van der Waals surface area contributed by atoms with E-state index >= 15 is 0 Å². The number of aromatic carboxylic acids is 1. The standard InChI is InChI=1S/C10H6ClN3O2/c11-7-5-12-3-1-6(7)9-13-4-2-8(14-9)10(15)16/h1-5H,(H,15,16). The summed E-state index contributed by atoms with van der Waals surface area (Å²) >= 11 is 5.90. The van der Waals surface area contributed by atoms with Crippen LogP contribution in [0.15, 0.2) is 30.7 Å². The number of rotatable bonds is 2. The molecule has 0 saturated heterocycles. The Balaban J connectivity index is 2.53. The van der Waals surface area contributed by atoms with Gasteiger partial charge in [0.1, 0.15) is 0 Å². The van der Waals surface area contributed by atoms with Gasteiger partial charge in [0.2, 0.25) is 0 Å². The monoisotopic (exact) mass is 235 g/mol. The molecule has 0 aromatic carbocycles. The van der Waals surface area contributed by atoms with Gasteiger partial charge in [0.05, 0.1) is 5.02 Å². The molecular formula is C10H6ClN3O2. The van der Waals surface area contributed by atoms with Gasteiger partial charge in [0, 0.05) is 24.2 Å². The Bertz CT molecular complexity index is 545. The third kappa shape index (κ3) is 1.99. The topological polar surface area (TPSA) is 76.0 Å². The zero-order valence-corrected chi connectivity index (χ0v) is 8.72. The van der Waals surface area contributed by atoms with Crippen molar-refractivity contribution in [2.45, 2.75) is 0 Å². The number of hydrogen-bond acceptors (Lipinski definition) is 4. The first kappa shape index (κ1) is 10.5. The summed E-state index contributed by atoms with van der Waals surface area (Å²) in [7, 11) is 0. The van der Waals surface area contributed by atoms with Crippen LogP contribution in [0.25, 0.3) is 11.4 Å². The zero-order valence-electron chi connectivity index (χ0n) is 7.96. The van der Waals surface area contributed by atoms with Crippen molar-refractivity contribution >= 4 is 17.6 Å². The molecule has 0 unspecified atom stereocenters. The van der Waals surface area contributed by atoms with Crippen LogP contribution in [-0.4, -0.2) is 26.0 Å². The van der Waals surface area contributed by atoms with Crippen LogP contribution < -0.4 is 0 Å². The van der Waals surface area contributed by atoms with E-state index in [1.807, 2.05) is 0 Å². The highest BCUT2D eigenvalue weighted by atomic mass is 35.5. The van der Waals surface area contributed by atoms with Crippen molar-refractivity contribution in [3.63, 3.8) is 0 Å². The summed E-state index contributed by atoms with van der Waals surface area (Å²) in [6.45, 7) is 0. The first-order valence-electron chi connectivity index (χ1n) is 4.34. The molecule has 2 rings (SSSR count). The Kier molecular flexibility index (Phi) is 2.78. The van der Waals surface area contributed by atoms with E-state index in [2.05, 4.69) is 15.0 Å². The maximum Gasteiger partial charge on any atom is 0.354 e. The highest BCUT2D eigenvalue weighted by Crippen LogP contribution is 2.23. The third-order valence-electron chi connectivity index (χ3n) is 1.89. The predicted molar refractivity (Wildman–Crippen MR) is 57.2 cm³/mol. The van der Waals surface area contributed by atoms with Gasteiger partial charge in [0.25, 0.3) is 0 Å². The minimum absolute atomic E-state index is 0.0714. The lowest BCUT2D eigenvalue weighted by atomic mass is 10.2. The van der Waals surface area contributed by atoms with E-state index in [0.29, 0.717) is 10.6 Å². The van der Waals surface area contributed by atoms with Crippen molar-refractivity contribution in [2.75, 3.05) is 0 Å². The van der Waals surface area contributed by atoms with Gasteiger partial charge < -0.3 is 5.11 Å². The molecule has 0 amide bonds. The lowest BCUT2D eigenvalue weighted by molar-refractivity contribution is 0.0690. The van der Waals surface area contributed by atoms with E-state index in [4.69, 9.17) is 16.7 Å². The molecule has 0 spiro atoms. The van der Waals surface area contributed by atoms with Gasteiger partial charge in [-0.1, -0.05) is 11.6 Å². The largest absolute Gasteiger partial charge is 0.477 e. The van der Waals surface area contributed by atoms with Crippen LogP contribution in [0.4, 0.5) is 0 Å². The molecule has 0 aliphatic carbocycles. The Morgan fingerprint density at radius 2 is 2.12 bits per heavy atom. The van der Waals surface area contributed by atoms with Crippen LogP contribution in [0, 0.1) is 0 Å². The van der Waals surface area contributed by atoms with E-state index in [0.717, 1.165) is 0 Å². The van der Waals surface area contributed by atoms with Gasteiger partial charge in [-0.05, 0) is 12.1 Å². The molecular weight excluding hydrogens is 230 g/mol. The summed E-state index contributed by atoms with van der Waals surface area (Å²) in [5.74, 6) is -0.832. The number of hydrogen-bond donors (Lipinski definition) is 1. The minimum Gasteiger partial charge on any atom is -0.477 e. The van der Waals surface area contributed by atoms with E-state index in [1.54, 1.807) is 6.07 Å². The van der Waals surface area contributed by atoms with Crippen molar-refractivity contribution in [1.82, 2.24) is 15.0 Å². The third-order valence-corrected chi connectivity index (χ3v) is 2.19. The van der Waals surface area contributed by atoms with Crippen LogP contribution in [0.2, 0.25) is 5.02 Å². The number of carboxylic acids is 1. The van der Waals surface area contributed by atoms with Crippen molar-refractivity contribution in [3.05, 3.63) is 41.4 Å². The number of nitrogens with zero attached hydrogens (tertiary/aromatic N) is 3. The van der Waals surface area contributed by atoms with Crippen LogP contribution in [0.3, 0.4) is 0 Å². The Morgan fingerprint density at radius 3 is 2.81 bits per heavy atom. The molecule has 0 aliphatic rings. The minimum atomic E-state index is -1.10. The maximum atomic E-state index is 10.7. The fourth-order valence-corrected chi connectivity index (χ4v) is 1.37. The summed E-state index contributed by atoms with van der Waals surface area (Å²) in [5, 5.41) is 9.17. The first-order chi connectivity index (χ1) is 7.68. The summed E-state index contributed by atoms with van der Waals surface area (Å²) in [6, 6.07) is 2.95. The van der Waals surface area contributed by atoms with E-state index in [-0.39, 0.29) is 11.5 Å². The average molecular weight is 236 g/mol. The molecule has 16 heavy (non-hydrogen) atoms. The Hall–Kier alpha value is -2.01. The molecule has 2 aromatic rings. The van der Waals surface area contributed by atoms with E-state index in [9.17, 15) is 4.79 Å². The number of carbonyl (C=O) groups is 1. The molecule has 5 nitrogen and oxygen atoms in total. The summed E-state index contributed by atoms with van der Waals surface area (Å²) in [4.78, 5) is 22.4. The molecule has 80 valence electrons. The lowest BCUT2D eigenvalue weighted by Gasteiger charge is -2.02. The first-order valence-corrected chi connectivity index (χ1v) is 4.72. The van der Waals surface area contributed by atoms with Gasteiger partial charge in [-0.25, -0.2) is 14.8 Å². The van der Waals surface area contributed by atoms with Crippen molar-refractivity contribution in [3.8, 4) is 11.4 Å². The van der Waals surface area contributed by atoms with Crippen LogP contribution in [-0.2, 0) is 0 Å². The number of carboxylic acid groups (broad SMARTS) is 1.